The summed E-state index contributed by atoms with van der Waals surface area (Å²) >= 11 is 0. The molecule has 1 N–H and O–H groups in total. The minimum atomic E-state index is -0.0313. The Kier molecular flexibility index (Phi) is 5.18. The zero-order valence-corrected chi connectivity index (χ0v) is 17.7. The molecule has 3 atom stereocenters. The van der Waals surface area contributed by atoms with Crippen LogP contribution in [-0.4, -0.2) is 50.9 Å². The summed E-state index contributed by atoms with van der Waals surface area (Å²) in [6.07, 6.45) is 6.77. The number of pyridine rings is 1. The number of nitrogens with one attached hydrogen (secondary N) is 1. The summed E-state index contributed by atoms with van der Waals surface area (Å²) in [7, 11) is 1.86. The number of hydrogen-bond donors (Lipinski definition) is 1. The lowest BCUT2D eigenvalue weighted by Crippen LogP contribution is -2.38. The zero-order valence-electron chi connectivity index (χ0n) is 17.7. The molecule has 1 aliphatic heterocycles. The predicted octanol–water partition coefficient (Wildman–Crippen LogP) is 2.66. The standard InChI is InChI=1S/C24H27N5O2/c1-28(20-9-17-12-22(30)25-13-18(17)10-20)24(31)19-11-21-23(26-14-19)29(15-27-21)8-7-16-5-3-2-4-6-16/h2-6,11,14-15,17-18,20H,7-10,12-13H2,1H3,(H,25,30)/t17-,18+,20-/m0/s1. The summed E-state index contributed by atoms with van der Waals surface area (Å²) in [6, 6.07) is 12.3. The molecular formula is C24H27N5O2. The highest BCUT2D eigenvalue weighted by atomic mass is 16.2. The van der Waals surface area contributed by atoms with Crippen LogP contribution in [0.25, 0.3) is 11.2 Å². The van der Waals surface area contributed by atoms with Gasteiger partial charge in [-0.25, -0.2) is 9.97 Å². The molecule has 7 heteroatoms. The first-order valence-electron chi connectivity index (χ1n) is 11.0. The third kappa shape index (κ3) is 3.92. The number of carbonyl (C=O) groups excluding carboxylic acids is 2. The second-order valence-corrected chi connectivity index (χ2v) is 8.81. The van der Waals surface area contributed by atoms with Gasteiger partial charge in [0.15, 0.2) is 5.65 Å². The zero-order chi connectivity index (χ0) is 21.4. The molecule has 2 aliphatic rings. The molecule has 2 amide bonds. The minimum absolute atomic E-state index is 0.0313. The Morgan fingerprint density at radius 1 is 1.19 bits per heavy atom. The monoisotopic (exact) mass is 417 g/mol. The van der Waals surface area contributed by atoms with Gasteiger partial charge in [0.25, 0.3) is 5.91 Å². The van der Waals surface area contributed by atoms with E-state index in [4.69, 9.17) is 0 Å². The van der Waals surface area contributed by atoms with Gasteiger partial charge in [-0.2, -0.15) is 0 Å². The van der Waals surface area contributed by atoms with Crippen LogP contribution in [0, 0.1) is 11.8 Å². The van der Waals surface area contributed by atoms with Crippen molar-refractivity contribution >= 4 is 23.0 Å². The summed E-state index contributed by atoms with van der Waals surface area (Å²) < 4.78 is 2.03. The van der Waals surface area contributed by atoms with Crippen molar-refractivity contribution in [3.05, 3.63) is 60.0 Å². The van der Waals surface area contributed by atoms with Crippen LogP contribution in [0.2, 0.25) is 0 Å². The molecule has 3 aromatic rings. The van der Waals surface area contributed by atoms with Crippen molar-refractivity contribution in [2.45, 2.75) is 38.3 Å². The Morgan fingerprint density at radius 3 is 2.84 bits per heavy atom. The highest BCUT2D eigenvalue weighted by Gasteiger charge is 2.40. The Morgan fingerprint density at radius 2 is 2.00 bits per heavy atom. The van der Waals surface area contributed by atoms with E-state index in [0.717, 1.165) is 43.5 Å². The molecule has 1 aromatic carbocycles. The van der Waals surface area contributed by atoms with E-state index in [2.05, 4.69) is 27.4 Å². The summed E-state index contributed by atoms with van der Waals surface area (Å²) in [5.41, 5.74) is 3.37. The second kappa shape index (κ2) is 8.13. The molecule has 2 fully saturated rings. The van der Waals surface area contributed by atoms with E-state index in [0.29, 0.717) is 23.8 Å². The summed E-state index contributed by atoms with van der Waals surface area (Å²) in [5.74, 6) is 0.957. The number of aryl methyl sites for hydroxylation is 2. The maximum absolute atomic E-state index is 13.1. The van der Waals surface area contributed by atoms with Crippen molar-refractivity contribution in [3.63, 3.8) is 0 Å². The molecule has 0 bridgehead atoms. The molecule has 1 saturated carbocycles. The van der Waals surface area contributed by atoms with E-state index in [1.54, 1.807) is 12.5 Å². The molecule has 7 nitrogen and oxygen atoms in total. The van der Waals surface area contributed by atoms with Crippen molar-refractivity contribution in [1.29, 1.82) is 0 Å². The van der Waals surface area contributed by atoms with Crippen LogP contribution in [0.1, 0.15) is 35.2 Å². The number of nitrogens with zero attached hydrogens (tertiary/aromatic N) is 4. The first-order valence-corrected chi connectivity index (χ1v) is 11.0. The molecule has 0 spiro atoms. The molecule has 3 heterocycles. The summed E-state index contributed by atoms with van der Waals surface area (Å²) in [6.45, 7) is 1.52. The molecule has 1 saturated heterocycles. The normalized spacial score (nSPS) is 22.9. The van der Waals surface area contributed by atoms with Gasteiger partial charge in [-0.3, -0.25) is 9.59 Å². The molecule has 31 heavy (non-hydrogen) atoms. The third-order valence-corrected chi connectivity index (χ3v) is 6.88. The average Bonchev–Trinajstić information content (AvgIpc) is 3.40. The molecule has 0 unspecified atom stereocenters. The molecular weight excluding hydrogens is 390 g/mol. The number of imidazole rings is 1. The van der Waals surface area contributed by atoms with Crippen LogP contribution in [-0.2, 0) is 17.8 Å². The number of fused-ring (bicyclic) bond motifs is 2. The van der Waals surface area contributed by atoms with Gasteiger partial charge >= 0.3 is 0 Å². The number of carbonyl (C=O) groups is 2. The molecule has 5 rings (SSSR count). The van der Waals surface area contributed by atoms with Crippen LogP contribution in [0.15, 0.2) is 48.9 Å². The lowest BCUT2D eigenvalue weighted by atomic mass is 9.89. The van der Waals surface area contributed by atoms with Gasteiger partial charge in [-0.15, -0.1) is 0 Å². The lowest BCUT2D eigenvalue weighted by molar-refractivity contribution is -0.124. The van der Waals surface area contributed by atoms with E-state index < -0.39 is 0 Å². The van der Waals surface area contributed by atoms with E-state index in [1.165, 1.54) is 5.56 Å². The van der Waals surface area contributed by atoms with Crippen LogP contribution < -0.4 is 5.32 Å². The Labute approximate surface area is 181 Å². The maximum atomic E-state index is 13.1. The third-order valence-electron chi connectivity index (χ3n) is 6.88. The van der Waals surface area contributed by atoms with E-state index in [-0.39, 0.29) is 17.9 Å². The number of hydrogen-bond acceptors (Lipinski definition) is 4. The summed E-state index contributed by atoms with van der Waals surface area (Å²) in [4.78, 5) is 35.7. The lowest BCUT2D eigenvalue weighted by Gasteiger charge is -2.24. The van der Waals surface area contributed by atoms with Crippen molar-refractivity contribution < 1.29 is 9.59 Å². The number of amides is 2. The van der Waals surface area contributed by atoms with Crippen molar-refractivity contribution in [2.24, 2.45) is 11.8 Å². The van der Waals surface area contributed by atoms with E-state index in [1.807, 2.05) is 40.8 Å². The van der Waals surface area contributed by atoms with Gasteiger partial charge in [0, 0.05) is 38.8 Å². The second-order valence-electron chi connectivity index (χ2n) is 8.81. The van der Waals surface area contributed by atoms with Crippen molar-refractivity contribution in [3.8, 4) is 0 Å². The van der Waals surface area contributed by atoms with Crippen molar-refractivity contribution in [1.82, 2.24) is 24.8 Å². The molecule has 2 aromatic heterocycles. The van der Waals surface area contributed by atoms with Gasteiger partial charge in [-0.1, -0.05) is 30.3 Å². The fraction of sp³-hybridized carbons (Fsp3) is 0.417. The Hall–Kier alpha value is -3.22. The fourth-order valence-corrected chi connectivity index (χ4v) is 5.04. The molecule has 160 valence electrons. The molecule has 0 radical (unpaired) electrons. The number of benzene rings is 1. The molecule has 1 aliphatic carbocycles. The van der Waals surface area contributed by atoms with E-state index >= 15 is 0 Å². The SMILES string of the molecule is CN(C(=O)c1cnc2c(c1)ncn2CCc1ccccc1)[C@H]1C[C@H]2CC(=O)NC[C@H]2C1. The summed E-state index contributed by atoms with van der Waals surface area (Å²) in [5, 5.41) is 2.95. The average molecular weight is 418 g/mol. The number of rotatable bonds is 5. The number of aromatic nitrogens is 3. The maximum Gasteiger partial charge on any atom is 0.255 e. The van der Waals surface area contributed by atoms with Crippen LogP contribution in [0.5, 0.6) is 0 Å². The van der Waals surface area contributed by atoms with Gasteiger partial charge in [0.05, 0.1) is 11.9 Å². The van der Waals surface area contributed by atoms with Gasteiger partial charge < -0.3 is 14.8 Å². The first-order chi connectivity index (χ1) is 15.1. The number of piperidine rings is 1. The predicted molar refractivity (Wildman–Crippen MR) is 117 cm³/mol. The quantitative estimate of drug-likeness (QED) is 0.692. The Balaban J connectivity index is 1.28. The smallest absolute Gasteiger partial charge is 0.255 e. The van der Waals surface area contributed by atoms with Gasteiger partial charge in [0.1, 0.15) is 5.52 Å². The van der Waals surface area contributed by atoms with Crippen molar-refractivity contribution in [2.75, 3.05) is 13.6 Å². The van der Waals surface area contributed by atoms with Crippen LogP contribution in [0.3, 0.4) is 0 Å². The highest BCUT2D eigenvalue weighted by molar-refractivity contribution is 5.96. The fourth-order valence-electron chi connectivity index (χ4n) is 5.04. The Bertz CT molecular complexity index is 1110. The first kappa shape index (κ1) is 19.7. The topological polar surface area (TPSA) is 80.1 Å². The van der Waals surface area contributed by atoms with Gasteiger partial charge in [-0.05, 0) is 42.7 Å². The van der Waals surface area contributed by atoms with E-state index in [9.17, 15) is 9.59 Å². The minimum Gasteiger partial charge on any atom is -0.356 e. The van der Waals surface area contributed by atoms with Crippen LogP contribution in [0.4, 0.5) is 0 Å². The van der Waals surface area contributed by atoms with Crippen LogP contribution >= 0.6 is 0 Å². The van der Waals surface area contributed by atoms with Gasteiger partial charge in [0.2, 0.25) is 5.91 Å². The largest absolute Gasteiger partial charge is 0.356 e. The highest BCUT2D eigenvalue weighted by Crippen LogP contribution is 2.38.